The average Bonchev–Trinajstić information content (AvgIpc) is 2.24. The fourth-order valence-electron chi connectivity index (χ4n) is 2.09. The van der Waals surface area contributed by atoms with Gasteiger partial charge in [-0.1, -0.05) is 6.08 Å². The van der Waals surface area contributed by atoms with Crippen LogP contribution in [0.3, 0.4) is 0 Å². The molecule has 0 aliphatic heterocycles. The number of aryl methyl sites for hydroxylation is 2. The molecule has 0 bridgehead atoms. The van der Waals surface area contributed by atoms with E-state index in [1.165, 1.54) is 19.1 Å². The van der Waals surface area contributed by atoms with Gasteiger partial charge in [-0.15, -0.1) is 6.58 Å². The number of nitrogens with zero attached hydrogens (tertiary/aromatic N) is 1. The van der Waals surface area contributed by atoms with Crippen LogP contribution in [0.25, 0.3) is 0 Å². The highest BCUT2D eigenvalue weighted by Gasteiger charge is 2.27. The Hall–Kier alpha value is -1.73. The van der Waals surface area contributed by atoms with Gasteiger partial charge in [0.1, 0.15) is 0 Å². The van der Waals surface area contributed by atoms with Gasteiger partial charge in [-0.05, 0) is 32.4 Å². The molecule has 0 aromatic heterocycles. The molecule has 1 N–H and O–H groups in total. The third kappa shape index (κ3) is 2.99. The Balaban J connectivity index is 3.57. The molecule has 1 rings (SSSR count). The van der Waals surface area contributed by atoms with E-state index in [-0.39, 0.29) is 22.7 Å². The summed E-state index contributed by atoms with van der Waals surface area (Å²) in [5.41, 5.74) is 0.920. The van der Waals surface area contributed by atoms with Gasteiger partial charge in [0.2, 0.25) is 10.0 Å². The minimum absolute atomic E-state index is 0.0355. The summed E-state index contributed by atoms with van der Waals surface area (Å²) >= 11 is 0. The van der Waals surface area contributed by atoms with E-state index in [2.05, 4.69) is 11.3 Å². The van der Waals surface area contributed by atoms with Crippen LogP contribution in [0.1, 0.15) is 16.7 Å². The van der Waals surface area contributed by atoms with Crippen LogP contribution in [0.2, 0.25) is 0 Å². The zero-order valence-electron chi connectivity index (χ0n) is 11.1. The van der Waals surface area contributed by atoms with E-state index in [4.69, 9.17) is 0 Å². The number of rotatable bonds is 5. The largest absolute Gasteiger partial charge is 0.276 e. The molecular weight excluding hydrogens is 268 g/mol. The van der Waals surface area contributed by atoms with Gasteiger partial charge in [-0.25, -0.2) is 13.1 Å². The molecule has 0 aliphatic rings. The van der Waals surface area contributed by atoms with Crippen molar-refractivity contribution < 1.29 is 13.3 Å². The molecule has 0 saturated heterocycles. The van der Waals surface area contributed by atoms with Gasteiger partial charge in [0.15, 0.2) is 0 Å². The Morgan fingerprint density at radius 2 is 1.95 bits per heavy atom. The second kappa shape index (κ2) is 5.50. The molecule has 0 fully saturated rings. The fourth-order valence-corrected chi connectivity index (χ4v) is 3.56. The molecule has 0 unspecified atom stereocenters. The molecule has 0 amide bonds. The first-order valence-corrected chi connectivity index (χ1v) is 7.06. The van der Waals surface area contributed by atoms with E-state index < -0.39 is 14.9 Å². The van der Waals surface area contributed by atoms with E-state index in [0.717, 1.165) is 0 Å². The normalized spacial score (nSPS) is 11.3. The van der Waals surface area contributed by atoms with Gasteiger partial charge < -0.3 is 0 Å². The SMILES string of the molecule is C=CCNS(=O)(=O)c1c(C)cc(C)c([N+](=O)[O-])c1C. The lowest BCUT2D eigenvalue weighted by atomic mass is 10.1. The second-order valence-electron chi connectivity index (χ2n) is 4.21. The molecule has 19 heavy (non-hydrogen) atoms. The summed E-state index contributed by atoms with van der Waals surface area (Å²) in [6.07, 6.45) is 1.41. The lowest BCUT2D eigenvalue weighted by molar-refractivity contribution is -0.386. The predicted molar refractivity (Wildman–Crippen MR) is 72.7 cm³/mol. The van der Waals surface area contributed by atoms with Crippen LogP contribution in [-0.4, -0.2) is 19.9 Å². The molecule has 7 heteroatoms. The minimum atomic E-state index is -3.78. The van der Waals surface area contributed by atoms with Gasteiger partial charge in [-0.3, -0.25) is 10.1 Å². The molecule has 0 aliphatic carbocycles. The van der Waals surface area contributed by atoms with Crippen LogP contribution >= 0.6 is 0 Å². The summed E-state index contributed by atoms with van der Waals surface area (Å²) in [7, 11) is -3.78. The van der Waals surface area contributed by atoms with Gasteiger partial charge in [0, 0.05) is 17.7 Å². The molecule has 0 heterocycles. The lowest BCUT2D eigenvalue weighted by Crippen LogP contribution is -2.25. The van der Waals surface area contributed by atoms with Crippen LogP contribution in [0, 0.1) is 30.9 Å². The summed E-state index contributed by atoms with van der Waals surface area (Å²) in [4.78, 5) is 10.4. The number of nitrogens with one attached hydrogen (secondary N) is 1. The third-order valence-corrected chi connectivity index (χ3v) is 4.44. The van der Waals surface area contributed by atoms with Crippen molar-refractivity contribution in [2.75, 3.05) is 6.54 Å². The van der Waals surface area contributed by atoms with Crippen molar-refractivity contribution in [1.82, 2.24) is 4.72 Å². The molecule has 0 atom stereocenters. The van der Waals surface area contributed by atoms with Gasteiger partial charge in [-0.2, -0.15) is 0 Å². The van der Waals surface area contributed by atoms with E-state index >= 15 is 0 Å². The maximum Gasteiger partial charge on any atom is 0.276 e. The monoisotopic (exact) mass is 284 g/mol. The predicted octanol–water partition coefficient (Wildman–Crippen LogP) is 1.98. The van der Waals surface area contributed by atoms with Crippen molar-refractivity contribution in [1.29, 1.82) is 0 Å². The molecule has 0 spiro atoms. The summed E-state index contributed by atoms with van der Waals surface area (Å²) in [6, 6.07) is 1.51. The molecule has 104 valence electrons. The zero-order chi connectivity index (χ0) is 14.8. The Kier molecular flexibility index (Phi) is 4.43. The number of benzene rings is 1. The van der Waals surface area contributed by atoms with E-state index in [0.29, 0.717) is 11.1 Å². The van der Waals surface area contributed by atoms with Gasteiger partial charge in [0.05, 0.1) is 9.82 Å². The first kappa shape index (κ1) is 15.3. The minimum Gasteiger partial charge on any atom is -0.258 e. The van der Waals surface area contributed by atoms with Crippen molar-refractivity contribution >= 4 is 15.7 Å². The smallest absolute Gasteiger partial charge is 0.258 e. The Bertz CT molecular complexity index is 636. The van der Waals surface area contributed by atoms with Crippen molar-refractivity contribution in [3.8, 4) is 0 Å². The first-order valence-electron chi connectivity index (χ1n) is 5.58. The molecule has 6 nitrogen and oxygen atoms in total. The fraction of sp³-hybridized carbons (Fsp3) is 0.333. The van der Waals surface area contributed by atoms with Crippen molar-refractivity contribution in [2.45, 2.75) is 25.7 Å². The molecule has 0 radical (unpaired) electrons. The van der Waals surface area contributed by atoms with Gasteiger partial charge in [0.25, 0.3) is 5.69 Å². The number of nitro benzene ring substituents is 1. The highest BCUT2D eigenvalue weighted by molar-refractivity contribution is 7.89. The first-order chi connectivity index (χ1) is 8.72. The summed E-state index contributed by atoms with van der Waals surface area (Å²) in [6.45, 7) is 8.15. The summed E-state index contributed by atoms with van der Waals surface area (Å²) in [5, 5.41) is 11.0. The van der Waals surface area contributed by atoms with E-state index in [1.807, 2.05) is 0 Å². The molecule has 1 aromatic rings. The molecule has 0 saturated carbocycles. The molecular formula is C12H16N2O4S. The Labute approximate surface area is 112 Å². The van der Waals surface area contributed by atoms with Crippen molar-refractivity contribution in [3.05, 3.63) is 45.5 Å². The standard InChI is InChI=1S/C12H16N2O4S/c1-5-6-13-19(17,18)12-9(3)7-8(2)11(10(12)4)14(15)16/h5,7,13H,1,6H2,2-4H3. The summed E-state index contributed by atoms with van der Waals surface area (Å²) in [5.74, 6) is 0. The van der Waals surface area contributed by atoms with Crippen LogP contribution < -0.4 is 4.72 Å². The van der Waals surface area contributed by atoms with Crippen molar-refractivity contribution in [2.24, 2.45) is 0 Å². The van der Waals surface area contributed by atoms with Crippen LogP contribution in [0.15, 0.2) is 23.6 Å². The Morgan fingerprint density at radius 3 is 2.42 bits per heavy atom. The summed E-state index contributed by atoms with van der Waals surface area (Å²) < 4.78 is 26.6. The number of sulfonamides is 1. The number of nitro groups is 1. The van der Waals surface area contributed by atoms with E-state index in [9.17, 15) is 18.5 Å². The van der Waals surface area contributed by atoms with Crippen molar-refractivity contribution in [3.63, 3.8) is 0 Å². The average molecular weight is 284 g/mol. The Morgan fingerprint density at radius 1 is 1.37 bits per heavy atom. The number of hydrogen-bond acceptors (Lipinski definition) is 4. The lowest BCUT2D eigenvalue weighted by Gasteiger charge is -2.13. The van der Waals surface area contributed by atoms with Gasteiger partial charge >= 0.3 is 0 Å². The second-order valence-corrected chi connectivity index (χ2v) is 5.91. The van der Waals surface area contributed by atoms with Crippen LogP contribution in [-0.2, 0) is 10.0 Å². The zero-order valence-corrected chi connectivity index (χ0v) is 11.9. The maximum absolute atomic E-state index is 12.1. The number of hydrogen-bond donors (Lipinski definition) is 1. The topological polar surface area (TPSA) is 89.3 Å². The van der Waals surface area contributed by atoms with Crippen LogP contribution in [0.4, 0.5) is 5.69 Å². The quantitative estimate of drug-likeness (QED) is 0.508. The molecule has 1 aromatic carbocycles. The van der Waals surface area contributed by atoms with Crippen LogP contribution in [0.5, 0.6) is 0 Å². The van der Waals surface area contributed by atoms with E-state index in [1.54, 1.807) is 13.8 Å². The highest BCUT2D eigenvalue weighted by Crippen LogP contribution is 2.31. The third-order valence-electron chi connectivity index (χ3n) is 2.73. The highest BCUT2D eigenvalue weighted by atomic mass is 32.2. The maximum atomic E-state index is 12.1.